The summed E-state index contributed by atoms with van der Waals surface area (Å²) in [6.07, 6.45) is 16.0. The first kappa shape index (κ1) is 17.8. The van der Waals surface area contributed by atoms with Gasteiger partial charge in [-0.1, -0.05) is 64.2 Å². The van der Waals surface area contributed by atoms with Crippen LogP contribution in [0.2, 0.25) is 0 Å². The summed E-state index contributed by atoms with van der Waals surface area (Å²) in [5.74, 6) is 0.0112. The van der Waals surface area contributed by atoms with E-state index in [9.17, 15) is 4.79 Å². The molecule has 18 heavy (non-hydrogen) atoms. The zero-order valence-corrected chi connectivity index (χ0v) is 12.4. The normalized spacial score (nSPS) is 21.7. The minimum atomic E-state index is 0. The second-order valence-corrected chi connectivity index (χ2v) is 5.21. The van der Waals surface area contributed by atoms with Crippen LogP contribution in [0.15, 0.2) is 0 Å². The molecular weight excluding hydrogens is 248 g/mol. The van der Waals surface area contributed by atoms with Crippen molar-refractivity contribution in [2.24, 2.45) is 0 Å². The van der Waals surface area contributed by atoms with Gasteiger partial charge in [0.05, 0.1) is 6.61 Å². The third kappa shape index (κ3) is 10.9. The topological polar surface area (TPSA) is 26.3 Å². The number of carbonyl (C=O) groups is 1. The molecule has 1 saturated heterocycles. The van der Waals surface area contributed by atoms with Gasteiger partial charge in [-0.15, -0.1) is 12.4 Å². The van der Waals surface area contributed by atoms with Gasteiger partial charge in [0.25, 0.3) is 0 Å². The second kappa shape index (κ2) is 13.2. The monoisotopic (exact) mass is 276 g/mol. The quantitative estimate of drug-likeness (QED) is 0.580. The summed E-state index contributed by atoms with van der Waals surface area (Å²) in [6.45, 7) is 0.638. The molecule has 1 aliphatic rings. The molecule has 0 atom stereocenters. The average molecular weight is 277 g/mol. The van der Waals surface area contributed by atoms with Crippen molar-refractivity contribution in [1.29, 1.82) is 0 Å². The van der Waals surface area contributed by atoms with Gasteiger partial charge >= 0.3 is 5.97 Å². The Morgan fingerprint density at radius 3 is 1.50 bits per heavy atom. The first-order chi connectivity index (χ1) is 8.39. The maximum Gasteiger partial charge on any atom is 0.305 e. The van der Waals surface area contributed by atoms with Gasteiger partial charge in [0.1, 0.15) is 0 Å². The number of esters is 1. The number of hydrogen-bond donors (Lipinski definition) is 0. The Morgan fingerprint density at radius 1 is 0.611 bits per heavy atom. The summed E-state index contributed by atoms with van der Waals surface area (Å²) in [5.41, 5.74) is 0. The molecule has 1 aliphatic heterocycles. The van der Waals surface area contributed by atoms with Crippen LogP contribution in [0.3, 0.4) is 0 Å². The van der Waals surface area contributed by atoms with Crippen LogP contribution < -0.4 is 0 Å². The lowest BCUT2D eigenvalue weighted by molar-refractivity contribution is -0.143. The highest BCUT2D eigenvalue weighted by Crippen LogP contribution is 2.13. The zero-order chi connectivity index (χ0) is 12.2. The molecule has 0 saturated carbocycles. The number of rotatable bonds is 0. The molecule has 3 heteroatoms. The number of hydrogen-bond acceptors (Lipinski definition) is 2. The molecule has 0 spiro atoms. The van der Waals surface area contributed by atoms with Crippen molar-refractivity contribution >= 4 is 18.4 Å². The SMILES string of the molecule is Cl.O=C1CCCCCCCCCCCCCCO1. The Kier molecular flexibility index (Phi) is 13.0. The van der Waals surface area contributed by atoms with Gasteiger partial charge in [-0.3, -0.25) is 4.79 Å². The van der Waals surface area contributed by atoms with Crippen molar-refractivity contribution < 1.29 is 9.53 Å². The lowest BCUT2D eigenvalue weighted by Crippen LogP contribution is -2.05. The van der Waals surface area contributed by atoms with Crippen LogP contribution in [-0.2, 0) is 9.53 Å². The van der Waals surface area contributed by atoms with E-state index >= 15 is 0 Å². The molecule has 0 amide bonds. The highest BCUT2D eigenvalue weighted by molar-refractivity contribution is 5.85. The Hall–Kier alpha value is -0.240. The third-order valence-electron chi connectivity index (χ3n) is 3.54. The van der Waals surface area contributed by atoms with E-state index in [1.807, 2.05) is 0 Å². The van der Waals surface area contributed by atoms with Crippen molar-refractivity contribution in [3.63, 3.8) is 0 Å². The molecule has 0 bridgehead atoms. The molecule has 0 radical (unpaired) electrons. The average Bonchev–Trinajstić information content (AvgIpc) is 2.32. The molecule has 0 unspecified atom stereocenters. The minimum Gasteiger partial charge on any atom is -0.466 e. The summed E-state index contributed by atoms with van der Waals surface area (Å²) >= 11 is 0. The largest absolute Gasteiger partial charge is 0.466 e. The Morgan fingerprint density at radius 2 is 1.00 bits per heavy atom. The third-order valence-corrected chi connectivity index (χ3v) is 3.54. The summed E-state index contributed by atoms with van der Waals surface area (Å²) in [6, 6.07) is 0. The standard InChI is InChI=1S/C15H28O2.ClH/c16-15-13-11-9-7-5-3-1-2-4-6-8-10-12-14-17-15;/h1-14H2;1H. The van der Waals surface area contributed by atoms with E-state index in [0.29, 0.717) is 13.0 Å². The molecule has 0 aromatic carbocycles. The van der Waals surface area contributed by atoms with Crippen LogP contribution in [0, 0.1) is 0 Å². The summed E-state index contributed by atoms with van der Waals surface area (Å²) in [4.78, 5) is 11.4. The first-order valence-electron chi connectivity index (χ1n) is 7.55. The van der Waals surface area contributed by atoms with Gasteiger partial charge in [0.2, 0.25) is 0 Å². The molecule has 1 heterocycles. The van der Waals surface area contributed by atoms with Crippen molar-refractivity contribution in [2.45, 2.75) is 83.5 Å². The molecule has 1 fully saturated rings. The molecule has 2 nitrogen and oxygen atoms in total. The van der Waals surface area contributed by atoms with E-state index in [2.05, 4.69) is 0 Å². The smallest absolute Gasteiger partial charge is 0.305 e. The summed E-state index contributed by atoms with van der Waals surface area (Å²) < 4.78 is 5.20. The van der Waals surface area contributed by atoms with E-state index in [-0.39, 0.29) is 18.4 Å². The van der Waals surface area contributed by atoms with E-state index < -0.39 is 0 Å². The van der Waals surface area contributed by atoms with Gasteiger partial charge in [-0.25, -0.2) is 0 Å². The van der Waals surface area contributed by atoms with Crippen molar-refractivity contribution in [1.82, 2.24) is 0 Å². The zero-order valence-electron chi connectivity index (χ0n) is 11.6. The first-order valence-corrected chi connectivity index (χ1v) is 7.55. The van der Waals surface area contributed by atoms with Crippen LogP contribution in [0.1, 0.15) is 83.5 Å². The van der Waals surface area contributed by atoms with Gasteiger partial charge in [-0.05, 0) is 12.8 Å². The fourth-order valence-corrected chi connectivity index (χ4v) is 2.40. The molecule has 0 N–H and O–H groups in total. The Balaban J connectivity index is 0.00000289. The lowest BCUT2D eigenvalue weighted by Gasteiger charge is -2.06. The lowest BCUT2D eigenvalue weighted by atomic mass is 10.0. The van der Waals surface area contributed by atoms with Gasteiger partial charge < -0.3 is 4.74 Å². The minimum absolute atomic E-state index is 0. The molecule has 0 aliphatic carbocycles. The molecule has 0 aromatic heterocycles. The van der Waals surface area contributed by atoms with E-state index in [0.717, 1.165) is 12.8 Å². The van der Waals surface area contributed by atoms with Crippen molar-refractivity contribution in [2.75, 3.05) is 6.61 Å². The fourth-order valence-electron chi connectivity index (χ4n) is 2.40. The van der Waals surface area contributed by atoms with Gasteiger partial charge in [0, 0.05) is 6.42 Å². The number of halogens is 1. The van der Waals surface area contributed by atoms with E-state index in [1.165, 1.54) is 64.2 Å². The summed E-state index contributed by atoms with van der Waals surface area (Å²) in [7, 11) is 0. The van der Waals surface area contributed by atoms with Gasteiger partial charge in [-0.2, -0.15) is 0 Å². The van der Waals surface area contributed by atoms with Crippen LogP contribution in [0.25, 0.3) is 0 Å². The predicted octanol–water partition coefficient (Wildman–Crippen LogP) is 5.04. The predicted molar refractivity (Wildman–Crippen MR) is 78.2 cm³/mol. The maximum absolute atomic E-state index is 11.4. The highest BCUT2D eigenvalue weighted by Gasteiger charge is 2.02. The fraction of sp³-hybridized carbons (Fsp3) is 0.933. The van der Waals surface area contributed by atoms with Crippen LogP contribution in [-0.4, -0.2) is 12.6 Å². The van der Waals surface area contributed by atoms with Crippen molar-refractivity contribution in [3.8, 4) is 0 Å². The van der Waals surface area contributed by atoms with Crippen molar-refractivity contribution in [3.05, 3.63) is 0 Å². The Bertz CT molecular complexity index is 177. The molecule has 1 rings (SSSR count). The molecule has 108 valence electrons. The van der Waals surface area contributed by atoms with Crippen LogP contribution in [0.4, 0.5) is 0 Å². The maximum atomic E-state index is 11.4. The number of cyclic esters (lactones) is 1. The second-order valence-electron chi connectivity index (χ2n) is 5.21. The molecular formula is C15H29ClO2. The van der Waals surface area contributed by atoms with Crippen LogP contribution in [0.5, 0.6) is 0 Å². The highest BCUT2D eigenvalue weighted by atomic mass is 35.5. The Labute approximate surface area is 118 Å². The summed E-state index contributed by atoms with van der Waals surface area (Å²) in [5, 5.41) is 0. The van der Waals surface area contributed by atoms with Gasteiger partial charge in [0.15, 0.2) is 0 Å². The van der Waals surface area contributed by atoms with E-state index in [4.69, 9.17) is 4.74 Å². The molecule has 0 aromatic rings. The number of ether oxygens (including phenoxy) is 1. The van der Waals surface area contributed by atoms with E-state index in [1.54, 1.807) is 0 Å². The van der Waals surface area contributed by atoms with Crippen LogP contribution >= 0.6 is 12.4 Å². The number of carbonyl (C=O) groups excluding carboxylic acids is 1.